The first-order valence-corrected chi connectivity index (χ1v) is 5.80. The van der Waals surface area contributed by atoms with Crippen molar-refractivity contribution in [3.63, 3.8) is 0 Å². The third-order valence-electron chi connectivity index (χ3n) is 2.49. The van der Waals surface area contributed by atoms with E-state index in [9.17, 15) is 5.11 Å². The highest BCUT2D eigenvalue weighted by atomic mass is 35.5. The number of aliphatic hydroxyl groups excluding tert-OH is 1. The Kier molecular flexibility index (Phi) is 5.78. The van der Waals surface area contributed by atoms with Crippen molar-refractivity contribution in [3.8, 4) is 0 Å². The molecule has 0 aromatic rings. The molecule has 0 bridgehead atoms. The summed E-state index contributed by atoms with van der Waals surface area (Å²) in [6, 6.07) is 0. The van der Waals surface area contributed by atoms with E-state index in [0.717, 1.165) is 19.6 Å². The van der Waals surface area contributed by atoms with Crippen LogP contribution in [0.4, 0.5) is 0 Å². The Labute approximate surface area is 91.0 Å². The Morgan fingerprint density at radius 3 is 2.93 bits per heavy atom. The van der Waals surface area contributed by atoms with E-state index in [0.29, 0.717) is 18.5 Å². The van der Waals surface area contributed by atoms with Crippen molar-refractivity contribution in [1.82, 2.24) is 4.90 Å². The first-order valence-electron chi connectivity index (χ1n) is 5.26. The van der Waals surface area contributed by atoms with Crippen molar-refractivity contribution in [2.24, 2.45) is 0 Å². The minimum atomic E-state index is -0.426. The van der Waals surface area contributed by atoms with Crippen LogP contribution in [0.1, 0.15) is 19.3 Å². The monoisotopic (exact) mass is 221 g/mol. The van der Waals surface area contributed by atoms with Crippen LogP contribution in [0.3, 0.4) is 0 Å². The number of alkyl halides is 1. The van der Waals surface area contributed by atoms with Crippen LogP contribution in [0.15, 0.2) is 0 Å². The van der Waals surface area contributed by atoms with E-state index in [1.54, 1.807) is 0 Å². The molecular weight excluding hydrogens is 202 g/mol. The van der Waals surface area contributed by atoms with Crippen LogP contribution in [-0.2, 0) is 4.74 Å². The Hall–Kier alpha value is 0.170. The van der Waals surface area contributed by atoms with Crippen LogP contribution in [0.5, 0.6) is 0 Å². The molecular formula is C10H20ClNO2. The van der Waals surface area contributed by atoms with Gasteiger partial charge in [0.1, 0.15) is 0 Å². The molecule has 1 aliphatic heterocycles. The summed E-state index contributed by atoms with van der Waals surface area (Å²) in [4.78, 5) is 2.09. The Balaban J connectivity index is 2.14. The minimum absolute atomic E-state index is 0.301. The summed E-state index contributed by atoms with van der Waals surface area (Å²) in [6.07, 6.45) is 3.50. The normalized spacial score (nSPS) is 25.3. The van der Waals surface area contributed by atoms with E-state index in [-0.39, 0.29) is 0 Å². The number of halogens is 1. The fraction of sp³-hybridized carbons (Fsp3) is 1.00. The fourth-order valence-electron chi connectivity index (χ4n) is 1.78. The molecule has 2 unspecified atom stereocenters. The third-order valence-corrected chi connectivity index (χ3v) is 2.85. The van der Waals surface area contributed by atoms with E-state index in [1.807, 2.05) is 7.05 Å². The second-order valence-electron chi connectivity index (χ2n) is 4.02. The maximum atomic E-state index is 9.34. The van der Waals surface area contributed by atoms with Crippen molar-refractivity contribution in [2.45, 2.75) is 31.5 Å². The smallest absolute Gasteiger partial charge is 0.0802 e. The zero-order valence-corrected chi connectivity index (χ0v) is 9.54. The van der Waals surface area contributed by atoms with Gasteiger partial charge in [0.25, 0.3) is 0 Å². The lowest BCUT2D eigenvalue weighted by Crippen LogP contribution is -2.38. The van der Waals surface area contributed by atoms with Crippen LogP contribution in [0, 0.1) is 0 Å². The predicted molar refractivity (Wildman–Crippen MR) is 57.8 cm³/mol. The highest BCUT2D eigenvalue weighted by Gasteiger charge is 2.16. The summed E-state index contributed by atoms with van der Waals surface area (Å²) in [5, 5.41) is 9.34. The van der Waals surface area contributed by atoms with Gasteiger partial charge in [0.2, 0.25) is 0 Å². The quantitative estimate of drug-likeness (QED) is 0.706. The first-order chi connectivity index (χ1) is 6.72. The number of aliphatic hydroxyl groups is 1. The zero-order chi connectivity index (χ0) is 10.4. The van der Waals surface area contributed by atoms with Crippen molar-refractivity contribution in [2.75, 3.05) is 32.6 Å². The second kappa shape index (κ2) is 6.62. The van der Waals surface area contributed by atoms with Gasteiger partial charge in [0.05, 0.1) is 12.2 Å². The minimum Gasteiger partial charge on any atom is -0.391 e. The molecule has 0 radical (unpaired) electrons. The highest BCUT2D eigenvalue weighted by Crippen LogP contribution is 2.13. The number of rotatable bonds is 5. The molecule has 0 aromatic heterocycles. The predicted octanol–water partition coefficient (Wildman–Crippen LogP) is 1.09. The number of hydrogen-bond donors (Lipinski definition) is 1. The molecule has 0 saturated carbocycles. The van der Waals surface area contributed by atoms with Crippen molar-refractivity contribution < 1.29 is 9.84 Å². The lowest BCUT2D eigenvalue weighted by molar-refractivity contribution is -0.00662. The van der Waals surface area contributed by atoms with E-state index in [2.05, 4.69) is 4.90 Å². The summed E-state index contributed by atoms with van der Waals surface area (Å²) in [5.74, 6) is 0.301. The SMILES string of the molecule is CN(CC(O)CCl)CC1CCCCO1. The summed E-state index contributed by atoms with van der Waals surface area (Å²) in [6.45, 7) is 2.41. The molecule has 0 aromatic carbocycles. The maximum Gasteiger partial charge on any atom is 0.0802 e. The van der Waals surface area contributed by atoms with E-state index in [4.69, 9.17) is 16.3 Å². The van der Waals surface area contributed by atoms with Gasteiger partial charge in [-0.05, 0) is 26.3 Å². The number of nitrogens with zero attached hydrogens (tertiary/aromatic N) is 1. The van der Waals surface area contributed by atoms with Gasteiger partial charge < -0.3 is 14.7 Å². The molecule has 1 N–H and O–H groups in total. The largest absolute Gasteiger partial charge is 0.391 e. The van der Waals surface area contributed by atoms with Gasteiger partial charge in [-0.25, -0.2) is 0 Å². The molecule has 2 atom stereocenters. The molecule has 3 nitrogen and oxygen atoms in total. The molecule has 0 spiro atoms. The van der Waals surface area contributed by atoms with E-state index >= 15 is 0 Å². The average Bonchev–Trinajstić information content (AvgIpc) is 2.19. The van der Waals surface area contributed by atoms with Crippen molar-refractivity contribution >= 4 is 11.6 Å². The van der Waals surface area contributed by atoms with E-state index < -0.39 is 6.10 Å². The number of ether oxygens (including phenoxy) is 1. The topological polar surface area (TPSA) is 32.7 Å². The zero-order valence-electron chi connectivity index (χ0n) is 8.79. The van der Waals surface area contributed by atoms with Crippen LogP contribution >= 0.6 is 11.6 Å². The molecule has 1 saturated heterocycles. The number of likely N-dealkylation sites (N-methyl/N-ethyl adjacent to an activating group) is 1. The highest BCUT2D eigenvalue weighted by molar-refractivity contribution is 6.18. The molecule has 0 aliphatic carbocycles. The molecule has 1 rings (SSSR count). The number of hydrogen-bond acceptors (Lipinski definition) is 3. The van der Waals surface area contributed by atoms with Gasteiger partial charge in [0.15, 0.2) is 0 Å². The Bertz CT molecular complexity index is 151. The lowest BCUT2D eigenvalue weighted by atomic mass is 10.1. The first kappa shape index (κ1) is 12.2. The molecule has 1 aliphatic rings. The van der Waals surface area contributed by atoms with Gasteiger partial charge in [-0.1, -0.05) is 0 Å². The molecule has 14 heavy (non-hydrogen) atoms. The van der Waals surface area contributed by atoms with Gasteiger partial charge in [-0.3, -0.25) is 0 Å². The van der Waals surface area contributed by atoms with E-state index in [1.165, 1.54) is 12.8 Å². The van der Waals surface area contributed by atoms with Gasteiger partial charge >= 0.3 is 0 Å². The van der Waals surface area contributed by atoms with Crippen LogP contribution < -0.4 is 0 Å². The molecule has 1 heterocycles. The summed E-state index contributed by atoms with van der Waals surface area (Å²) < 4.78 is 5.61. The maximum absolute atomic E-state index is 9.34. The standard InChI is InChI=1S/C10H20ClNO2/c1-12(7-9(13)6-11)8-10-4-2-3-5-14-10/h9-10,13H,2-8H2,1H3. The van der Waals surface area contributed by atoms with Crippen LogP contribution in [0.2, 0.25) is 0 Å². The molecule has 1 fully saturated rings. The Morgan fingerprint density at radius 2 is 2.36 bits per heavy atom. The lowest BCUT2D eigenvalue weighted by Gasteiger charge is -2.28. The molecule has 0 amide bonds. The third kappa shape index (κ3) is 4.60. The van der Waals surface area contributed by atoms with Crippen molar-refractivity contribution in [1.29, 1.82) is 0 Å². The van der Waals surface area contributed by atoms with Gasteiger partial charge in [0, 0.05) is 25.6 Å². The van der Waals surface area contributed by atoms with Crippen LogP contribution in [-0.4, -0.2) is 54.8 Å². The summed E-state index contributed by atoms with van der Waals surface area (Å²) in [5.41, 5.74) is 0. The molecule has 4 heteroatoms. The van der Waals surface area contributed by atoms with Gasteiger partial charge in [-0.2, -0.15) is 0 Å². The average molecular weight is 222 g/mol. The second-order valence-corrected chi connectivity index (χ2v) is 4.33. The van der Waals surface area contributed by atoms with Gasteiger partial charge in [-0.15, -0.1) is 11.6 Å². The van der Waals surface area contributed by atoms with Crippen molar-refractivity contribution in [3.05, 3.63) is 0 Å². The fourth-order valence-corrected chi connectivity index (χ4v) is 1.88. The Morgan fingerprint density at radius 1 is 1.57 bits per heavy atom. The summed E-state index contributed by atoms with van der Waals surface area (Å²) >= 11 is 5.53. The molecule has 84 valence electrons. The summed E-state index contributed by atoms with van der Waals surface area (Å²) in [7, 11) is 1.99. The van der Waals surface area contributed by atoms with Crippen LogP contribution in [0.25, 0.3) is 0 Å².